The molecule has 1 heterocycles. The van der Waals surface area contributed by atoms with Crippen LogP contribution in [0.5, 0.6) is 0 Å². The number of aromatic carboxylic acids is 1. The van der Waals surface area contributed by atoms with Crippen molar-refractivity contribution in [3.63, 3.8) is 0 Å². The van der Waals surface area contributed by atoms with Crippen molar-refractivity contribution in [3.05, 3.63) is 52.7 Å². The van der Waals surface area contributed by atoms with E-state index in [9.17, 15) is 4.79 Å². The van der Waals surface area contributed by atoms with Crippen molar-refractivity contribution in [1.82, 2.24) is 4.98 Å². The van der Waals surface area contributed by atoms with Crippen molar-refractivity contribution in [2.24, 2.45) is 0 Å². The molecule has 0 fully saturated rings. The zero-order valence-electron chi connectivity index (χ0n) is 9.93. The second-order valence-electron chi connectivity index (χ2n) is 3.88. The summed E-state index contributed by atoms with van der Waals surface area (Å²) in [4.78, 5) is 14.8. The average Bonchev–Trinajstić information content (AvgIpc) is 2.39. The van der Waals surface area contributed by atoms with Crippen LogP contribution >= 0.6 is 11.6 Å². The number of nitrogens with zero attached hydrogens (tertiary/aromatic N) is 1. The minimum absolute atomic E-state index is 0.0594. The molecule has 2 rings (SSSR count). The molecule has 4 N–H and O–H groups in total. The number of benzene rings is 1. The van der Waals surface area contributed by atoms with Gasteiger partial charge in [-0.1, -0.05) is 29.8 Å². The van der Waals surface area contributed by atoms with Crippen LogP contribution in [0, 0.1) is 0 Å². The van der Waals surface area contributed by atoms with Gasteiger partial charge in [0, 0.05) is 11.6 Å². The molecule has 0 amide bonds. The minimum atomic E-state index is -1.10. The van der Waals surface area contributed by atoms with Gasteiger partial charge in [0.15, 0.2) is 5.69 Å². The maximum absolute atomic E-state index is 10.8. The van der Waals surface area contributed by atoms with Gasteiger partial charge < -0.3 is 16.2 Å². The SMILES string of the molecule is Nc1ccc(C(=O)O)nc1NCc1ccccc1Cl. The van der Waals surface area contributed by atoms with Gasteiger partial charge in [0.05, 0.1) is 5.69 Å². The number of aromatic nitrogens is 1. The van der Waals surface area contributed by atoms with E-state index in [4.69, 9.17) is 22.4 Å². The van der Waals surface area contributed by atoms with Gasteiger partial charge in [0.2, 0.25) is 0 Å². The van der Waals surface area contributed by atoms with E-state index in [1.165, 1.54) is 12.1 Å². The standard InChI is InChI=1S/C13H12ClN3O2/c14-9-4-2-1-3-8(9)7-16-12-10(15)5-6-11(17-12)13(18)19/h1-6H,7,15H2,(H,16,17)(H,18,19). The van der Waals surface area contributed by atoms with Crippen LogP contribution in [0.2, 0.25) is 5.02 Å². The number of halogens is 1. The van der Waals surface area contributed by atoms with Crippen LogP contribution in [-0.4, -0.2) is 16.1 Å². The first-order chi connectivity index (χ1) is 9.08. The molecular formula is C13H12ClN3O2. The number of rotatable bonds is 4. The van der Waals surface area contributed by atoms with Crippen LogP contribution in [0.3, 0.4) is 0 Å². The van der Waals surface area contributed by atoms with Crippen molar-refractivity contribution in [1.29, 1.82) is 0 Å². The maximum atomic E-state index is 10.8. The molecule has 0 bridgehead atoms. The molecule has 0 unspecified atom stereocenters. The van der Waals surface area contributed by atoms with Gasteiger partial charge in [0.25, 0.3) is 0 Å². The van der Waals surface area contributed by atoms with Crippen molar-refractivity contribution in [2.45, 2.75) is 6.54 Å². The van der Waals surface area contributed by atoms with Crippen LogP contribution in [-0.2, 0) is 6.54 Å². The topological polar surface area (TPSA) is 88.2 Å². The van der Waals surface area contributed by atoms with Gasteiger partial charge in [-0.2, -0.15) is 0 Å². The number of nitrogens with two attached hydrogens (primary N) is 1. The van der Waals surface area contributed by atoms with E-state index in [2.05, 4.69) is 10.3 Å². The van der Waals surface area contributed by atoms with Crippen LogP contribution in [0.15, 0.2) is 36.4 Å². The van der Waals surface area contributed by atoms with Crippen LogP contribution in [0.1, 0.15) is 16.1 Å². The second-order valence-corrected chi connectivity index (χ2v) is 4.29. The Morgan fingerprint density at radius 1 is 1.32 bits per heavy atom. The fourth-order valence-electron chi connectivity index (χ4n) is 1.55. The smallest absolute Gasteiger partial charge is 0.354 e. The first-order valence-corrected chi connectivity index (χ1v) is 5.93. The van der Waals surface area contributed by atoms with Crippen LogP contribution in [0.4, 0.5) is 11.5 Å². The zero-order chi connectivity index (χ0) is 13.8. The Morgan fingerprint density at radius 2 is 2.05 bits per heavy atom. The highest BCUT2D eigenvalue weighted by molar-refractivity contribution is 6.31. The molecule has 2 aromatic rings. The molecule has 0 aliphatic rings. The van der Waals surface area contributed by atoms with Gasteiger partial charge in [0.1, 0.15) is 5.82 Å². The van der Waals surface area contributed by atoms with Crippen molar-refractivity contribution in [3.8, 4) is 0 Å². The number of nitrogen functional groups attached to an aromatic ring is 1. The van der Waals surface area contributed by atoms with Crippen molar-refractivity contribution < 1.29 is 9.90 Å². The molecule has 0 spiro atoms. The van der Waals surface area contributed by atoms with E-state index in [-0.39, 0.29) is 5.69 Å². The maximum Gasteiger partial charge on any atom is 0.354 e. The molecule has 0 saturated carbocycles. The fourth-order valence-corrected chi connectivity index (χ4v) is 1.75. The van der Waals surface area contributed by atoms with E-state index >= 15 is 0 Å². The Bertz CT molecular complexity index is 617. The third-order valence-electron chi connectivity index (χ3n) is 2.55. The number of anilines is 2. The van der Waals surface area contributed by atoms with E-state index in [0.717, 1.165) is 5.56 Å². The Balaban J connectivity index is 2.17. The minimum Gasteiger partial charge on any atom is -0.477 e. The lowest BCUT2D eigenvalue weighted by Crippen LogP contribution is -2.08. The third kappa shape index (κ3) is 3.14. The molecule has 6 heteroatoms. The molecule has 19 heavy (non-hydrogen) atoms. The Morgan fingerprint density at radius 3 is 2.74 bits per heavy atom. The summed E-state index contributed by atoms with van der Waals surface area (Å²) in [7, 11) is 0. The summed E-state index contributed by atoms with van der Waals surface area (Å²) in [5, 5.41) is 12.5. The molecule has 5 nitrogen and oxygen atoms in total. The summed E-state index contributed by atoms with van der Waals surface area (Å²) >= 11 is 6.03. The first kappa shape index (κ1) is 13.2. The number of carbonyl (C=O) groups is 1. The molecule has 0 atom stereocenters. The van der Waals surface area contributed by atoms with Gasteiger partial charge in [-0.05, 0) is 23.8 Å². The monoisotopic (exact) mass is 277 g/mol. The molecule has 0 saturated heterocycles. The number of carboxylic acids is 1. The zero-order valence-corrected chi connectivity index (χ0v) is 10.7. The molecule has 1 aromatic heterocycles. The average molecular weight is 278 g/mol. The molecule has 0 aliphatic heterocycles. The number of pyridine rings is 1. The molecular weight excluding hydrogens is 266 g/mol. The summed E-state index contributed by atoms with van der Waals surface area (Å²) < 4.78 is 0. The number of hydrogen-bond acceptors (Lipinski definition) is 4. The normalized spacial score (nSPS) is 10.2. The van der Waals surface area contributed by atoms with Crippen LogP contribution < -0.4 is 11.1 Å². The highest BCUT2D eigenvalue weighted by atomic mass is 35.5. The van der Waals surface area contributed by atoms with Gasteiger partial charge in [-0.3, -0.25) is 0 Å². The predicted molar refractivity (Wildman–Crippen MR) is 74.4 cm³/mol. The second kappa shape index (κ2) is 5.58. The lowest BCUT2D eigenvalue weighted by Gasteiger charge is -2.10. The van der Waals surface area contributed by atoms with Crippen LogP contribution in [0.25, 0.3) is 0 Å². The Kier molecular flexibility index (Phi) is 3.87. The van der Waals surface area contributed by atoms with E-state index in [1.54, 1.807) is 6.07 Å². The van der Waals surface area contributed by atoms with Gasteiger partial charge >= 0.3 is 5.97 Å². The number of carboxylic acid groups (broad SMARTS) is 1. The van der Waals surface area contributed by atoms with E-state index < -0.39 is 5.97 Å². The summed E-state index contributed by atoms with van der Waals surface area (Å²) in [6.07, 6.45) is 0. The number of nitrogens with one attached hydrogen (secondary N) is 1. The number of hydrogen-bond donors (Lipinski definition) is 3. The summed E-state index contributed by atoms with van der Waals surface area (Å²) in [6, 6.07) is 10.2. The van der Waals surface area contributed by atoms with Crippen molar-refractivity contribution in [2.75, 3.05) is 11.1 Å². The molecule has 0 radical (unpaired) electrons. The van der Waals surface area contributed by atoms with E-state index in [1.807, 2.05) is 18.2 Å². The first-order valence-electron chi connectivity index (χ1n) is 5.55. The summed E-state index contributed by atoms with van der Waals surface area (Å²) in [5.74, 6) is -0.763. The quantitative estimate of drug-likeness (QED) is 0.799. The fraction of sp³-hybridized carbons (Fsp3) is 0.0769. The molecule has 98 valence electrons. The van der Waals surface area contributed by atoms with Gasteiger partial charge in [-0.25, -0.2) is 9.78 Å². The van der Waals surface area contributed by atoms with E-state index in [0.29, 0.717) is 23.1 Å². The Hall–Kier alpha value is -2.27. The highest BCUT2D eigenvalue weighted by Crippen LogP contribution is 2.19. The van der Waals surface area contributed by atoms with Crippen molar-refractivity contribution >= 4 is 29.1 Å². The Labute approximate surface area is 115 Å². The predicted octanol–water partition coefficient (Wildman–Crippen LogP) is 2.63. The highest BCUT2D eigenvalue weighted by Gasteiger charge is 2.08. The lowest BCUT2D eigenvalue weighted by molar-refractivity contribution is 0.0690. The van der Waals surface area contributed by atoms with Gasteiger partial charge in [-0.15, -0.1) is 0 Å². The largest absolute Gasteiger partial charge is 0.477 e. The lowest BCUT2D eigenvalue weighted by atomic mass is 10.2. The molecule has 1 aromatic carbocycles. The summed E-state index contributed by atoms with van der Waals surface area (Å²) in [6.45, 7) is 0.417. The third-order valence-corrected chi connectivity index (χ3v) is 2.92. The summed E-state index contributed by atoms with van der Waals surface area (Å²) in [5.41, 5.74) is 6.95. The molecule has 0 aliphatic carbocycles.